The van der Waals surface area contributed by atoms with Gasteiger partial charge in [0, 0.05) is 12.2 Å². The van der Waals surface area contributed by atoms with Crippen molar-refractivity contribution in [2.75, 3.05) is 11.4 Å². The fourth-order valence-electron chi connectivity index (χ4n) is 2.38. The number of anilines is 1. The fraction of sp³-hybridized carbons (Fsp3) is 0.0952. The zero-order valence-corrected chi connectivity index (χ0v) is 14.0. The Balaban J connectivity index is 1.65. The van der Waals surface area contributed by atoms with Crippen molar-refractivity contribution in [3.8, 4) is 17.2 Å². The van der Waals surface area contributed by atoms with Gasteiger partial charge in [0.1, 0.15) is 17.2 Å². The van der Waals surface area contributed by atoms with Crippen molar-refractivity contribution in [1.29, 1.82) is 0 Å². The highest BCUT2D eigenvalue weighted by Gasteiger charge is 2.15. The van der Waals surface area contributed by atoms with Crippen molar-refractivity contribution < 1.29 is 14.3 Å². The van der Waals surface area contributed by atoms with Crippen molar-refractivity contribution in [2.24, 2.45) is 0 Å². The highest BCUT2D eigenvalue weighted by Crippen LogP contribution is 2.24. The second-order valence-corrected chi connectivity index (χ2v) is 5.33. The summed E-state index contributed by atoms with van der Waals surface area (Å²) in [6.45, 7) is 2.43. The van der Waals surface area contributed by atoms with Crippen LogP contribution in [-0.4, -0.2) is 12.6 Å². The number of para-hydroxylation sites is 2. The van der Waals surface area contributed by atoms with Gasteiger partial charge in [0.25, 0.3) is 0 Å². The molecule has 0 unspecified atom stereocenters. The second kappa shape index (κ2) is 8.02. The predicted molar refractivity (Wildman–Crippen MR) is 98.4 cm³/mol. The molecule has 3 rings (SSSR count). The Labute approximate surface area is 147 Å². The smallest absolute Gasteiger partial charge is 0.419 e. The number of hydrogen-bond acceptors (Lipinski definition) is 3. The molecule has 4 nitrogen and oxygen atoms in total. The van der Waals surface area contributed by atoms with E-state index in [9.17, 15) is 4.79 Å². The Morgan fingerprint density at radius 2 is 1.28 bits per heavy atom. The van der Waals surface area contributed by atoms with Gasteiger partial charge in [0.2, 0.25) is 0 Å². The van der Waals surface area contributed by atoms with Crippen LogP contribution in [0.15, 0.2) is 84.9 Å². The molecule has 0 aromatic heterocycles. The lowest BCUT2D eigenvalue weighted by atomic mass is 10.3. The minimum absolute atomic E-state index is 0.412. The highest BCUT2D eigenvalue weighted by molar-refractivity contribution is 5.89. The summed E-state index contributed by atoms with van der Waals surface area (Å²) in [6.07, 6.45) is -0.412. The van der Waals surface area contributed by atoms with Crippen LogP contribution >= 0.6 is 0 Å². The first-order valence-electron chi connectivity index (χ1n) is 8.13. The summed E-state index contributed by atoms with van der Waals surface area (Å²) in [5, 5.41) is 0. The molecule has 0 N–H and O–H groups in total. The number of carbonyl (C=O) groups is 1. The molecule has 3 aromatic rings. The Hall–Kier alpha value is -3.27. The molecule has 25 heavy (non-hydrogen) atoms. The van der Waals surface area contributed by atoms with Gasteiger partial charge in [-0.15, -0.1) is 0 Å². The summed E-state index contributed by atoms with van der Waals surface area (Å²) < 4.78 is 11.2. The number of hydrogen-bond donors (Lipinski definition) is 0. The summed E-state index contributed by atoms with van der Waals surface area (Å²) >= 11 is 0. The topological polar surface area (TPSA) is 38.8 Å². The van der Waals surface area contributed by atoms with E-state index >= 15 is 0 Å². The van der Waals surface area contributed by atoms with E-state index < -0.39 is 6.09 Å². The van der Waals surface area contributed by atoms with Gasteiger partial charge in [0.15, 0.2) is 0 Å². The molecule has 0 saturated carbocycles. The molecule has 4 heteroatoms. The summed E-state index contributed by atoms with van der Waals surface area (Å²) in [5.41, 5.74) is 0.805. The second-order valence-electron chi connectivity index (χ2n) is 5.33. The minimum Gasteiger partial charge on any atom is -0.457 e. The fourth-order valence-corrected chi connectivity index (χ4v) is 2.38. The molecule has 126 valence electrons. The molecule has 0 heterocycles. The largest absolute Gasteiger partial charge is 0.457 e. The van der Waals surface area contributed by atoms with Crippen LogP contribution in [0.3, 0.4) is 0 Å². The number of benzene rings is 3. The third-order valence-electron chi connectivity index (χ3n) is 3.61. The first kappa shape index (κ1) is 16.6. The van der Waals surface area contributed by atoms with Gasteiger partial charge in [-0.2, -0.15) is 0 Å². The summed E-state index contributed by atoms with van der Waals surface area (Å²) in [4.78, 5) is 14.0. The lowest BCUT2D eigenvalue weighted by molar-refractivity contribution is 0.208. The standard InChI is InChI=1S/C21H19NO3/c1-2-22(17-9-5-3-6-10-17)21(23)25-20-15-13-19(14-16-20)24-18-11-7-4-8-12-18/h3-16H,2H2,1H3. The number of carbonyl (C=O) groups excluding carboxylic acids is 1. The zero-order valence-electron chi connectivity index (χ0n) is 14.0. The Morgan fingerprint density at radius 1 is 0.760 bits per heavy atom. The molecular weight excluding hydrogens is 314 g/mol. The first-order valence-corrected chi connectivity index (χ1v) is 8.13. The molecule has 0 fully saturated rings. The van der Waals surface area contributed by atoms with Crippen molar-refractivity contribution in [3.05, 3.63) is 84.9 Å². The SMILES string of the molecule is CCN(C(=O)Oc1ccc(Oc2ccccc2)cc1)c1ccccc1. The maximum Gasteiger partial charge on any atom is 0.419 e. The van der Waals surface area contributed by atoms with Crippen LogP contribution in [0.2, 0.25) is 0 Å². The van der Waals surface area contributed by atoms with Crippen molar-refractivity contribution >= 4 is 11.8 Å². The van der Waals surface area contributed by atoms with Crippen molar-refractivity contribution in [1.82, 2.24) is 0 Å². The molecular formula is C21H19NO3. The first-order chi connectivity index (χ1) is 12.3. The molecule has 1 amide bonds. The summed E-state index contributed by atoms with van der Waals surface area (Å²) in [6, 6.07) is 25.9. The molecule has 0 aliphatic carbocycles. The van der Waals surface area contributed by atoms with Crippen LogP contribution in [0.1, 0.15) is 6.92 Å². The van der Waals surface area contributed by atoms with Gasteiger partial charge in [-0.3, -0.25) is 4.90 Å². The van der Waals surface area contributed by atoms with E-state index in [1.807, 2.05) is 67.6 Å². The molecule has 0 aliphatic rings. The van der Waals surface area contributed by atoms with E-state index in [0.717, 1.165) is 11.4 Å². The maximum atomic E-state index is 12.4. The van der Waals surface area contributed by atoms with Gasteiger partial charge in [-0.25, -0.2) is 4.79 Å². The molecule has 0 bridgehead atoms. The molecule has 0 radical (unpaired) electrons. The average Bonchev–Trinajstić information content (AvgIpc) is 2.66. The lowest BCUT2D eigenvalue weighted by Gasteiger charge is -2.20. The van der Waals surface area contributed by atoms with Gasteiger partial charge < -0.3 is 9.47 Å². The molecule has 0 spiro atoms. The van der Waals surface area contributed by atoms with Crippen LogP contribution in [0.25, 0.3) is 0 Å². The average molecular weight is 333 g/mol. The van der Waals surface area contributed by atoms with Crippen LogP contribution < -0.4 is 14.4 Å². The van der Waals surface area contributed by atoms with Crippen LogP contribution in [0, 0.1) is 0 Å². The van der Waals surface area contributed by atoms with E-state index in [0.29, 0.717) is 18.0 Å². The van der Waals surface area contributed by atoms with Crippen LogP contribution in [-0.2, 0) is 0 Å². The predicted octanol–water partition coefficient (Wildman–Crippen LogP) is 5.50. The van der Waals surface area contributed by atoms with Crippen LogP contribution in [0.5, 0.6) is 17.2 Å². The number of ether oxygens (including phenoxy) is 2. The van der Waals surface area contributed by atoms with E-state index in [4.69, 9.17) is 9.47 Å². The van der Waals surface area contributed by atoms with Gasteiger partial charge in [-0.05, 0) is 55.5 Å². The summed E-state index contributed by atoms with van der Waals surface area (Å²) in [5.74, 6) is 1.91. The molecule has 0 aliphatic heterocycles. The Bertz CT molecular complexity index is 802. The maximum absolute atomic E-state index is 12.4. The third-order valence-corrected chi connectivity index (χ3v) is 3.61. The summed E-state index contributed by atoms with van der Waals surface area (Å²) in [7, 11) is 0. The van der Waals surface area contributed by atoms with Gasteiger partial charge in [0.05, 0.1) is 0 Å². The van der Waals surface area contributed by atoms with E-state index in [1.54, 1.807) is 29.2 Å². The van der Waals surface area contributed by atoms with E-state index in [1.165, 1.54) is 0 Å². The minimum atomic E-state index is -0.412. The van der Waals surface area contributed by atoms with E-state index in [-0.39, 0.29) is 0 Å². The number of rotatable bonds is 5. The number of nitrogens with zero attached hydrogens (tertiary/aromatic N) is 1. The Morgan fingerprint density at radius 3 is 1.88 bits per heavy atom. The van der Waals surface area contributed by atoms with Crippen LogP contribution in [0.4, 0.5) is 10.5 Å². The normalized spacial score (nSPS) is 10.1. The zero-order chi connectivity index (χ0) is 17.5. The monoisotopic (exact) mass is 333 g/mol. The molecule has 0 saturated heterocycles. The quantitative estimate of drug-likeness (QED) is 0.618. The highest BCUT2D eigenvalue weighted by atomic mass is 16.6. The van der Waals surface area contributed by atoms with Crippen molar-refractivity contribution in [3.63, 3.8) is 0 Å². The molecule has 3 aromatic carbocycles. The Kier molecular flexibility index (Phi) is 5.32. The van der Waals surface area contributed by atoms with Gasteiger partial charge in [-0.1, -0.05) is 36.4 Å². The molecule has 0 atom stereocenters. The van der Waals surface area contributed by atoms with Gasteiger partial charge >= 0.3 is 6.09 Å². The number of amides is 1. The van der Waals surface area contributed by atoms with E-state index in [2.05, 4.69) is 0 Å². The third kappa shape index (κ3) is 4.38. The lowest BCUT2D eigenvalue weighted by Crippen LogP contribution is -2.33. The van der Waals surface area contributed by atoms with Crippen molar-refractivity contribution in [2.45, 2.75) is 6.92 Å².